The van der Waals surface area contributed by atoms with Crippen LogP contribution in [0.15, 0.2) is 30.3 Å². The highest BCUT2D eigenvalue weighted by atomic mass is 16.2. The van der Waals surface area contributed by atoms with Crippen molar-refractivity contribution in [2.24, 2.45) is 11.8 Å². The van der Waals surface area contributed by atoms with E-state index in [9.17, 15) is 14.4 Å². The molecule has 3 amide bonds. The van der Waals surface area contributed by atoms with Gasteiger partial charge in [0, 0.05) is 0 Å². The summed E-state index contributed by atoms with van der Waals surface area (Å²) in [5.74, 6) is -0.912. The zero-order valence-electron chi connectivity index (χ0n) is 14.4. The zero-order valence-corrected chi connectivity index (χ0v) is 14.4. The molecule has 25 heavy (non-hydrogen) atoms. The molecule has 0 unspecified atom stereocenters. The van der Waals surface area contributed by atoms with Crippen molar-refractivity contribution in [1.29, 1.82) is 0 Å². The van der Waals surface area contributed by atoms with Crippen LogP contribution in [0.2, 0.25) is 0 Å². The van der Waals surface area contributed by atoms with E-state index in [4.69, 9.17) is 0 Å². The smallest absolute Gasteiger partial charge is 0.240 e. The van der Waals surface area contributed by atoms with E-state index < -0.39 is 0 Å². The maximum atomic E-state index is 12.6. The molecule has 5 heteroatoms. The molecule has 1 N–H and O–H groups in total. The molecule has 1 saturated heterocycles. The van der Waals surface area contributed by atoms with Crippen molar-refractivity contribution in [2.75, 3.05) is 6.54 Å². The van der Waals surface area contributed by atoms with Crippen molar-refractivity contribution in [3.63, 3.8) is 0 Å². The van der Waals surface area contributed by atoms with E-state index in [1.54, 1.807) is 0 Å². The Morgan fingerprint density at radius 1 is 1.00 bits per heavy atom. The van der Waals surface area contributed by atoms with E-state index in [0.717, 1.165) is 50.5 Å². The second-order valence-electron chi connectivity index (χ2n) is 7.61. The molecule has 1 aromatic rings. The van der Waals surface area contributed by atoms with Crippen LogP contribution in [0.5, 0.6) is 0 Å². The van der Waals surface area contributed by atoms with Gasteiger partial charge in [0.05, 0.1) is 17.4 Å². The Bertz CT molecular complexity index is 672. The molecule has 0 spiro atoms. The number of imide groups is 1. The fourth-order valence-electron chi connectivity index (χ4n) is 4.61. The summed E-state index contributed by atoms with van der Waals surface area (Å²) in [5.41, 5.74) is 0.763. The molecule has 1 heterocycles. The Morgan fingerprint density at radius 3 is 2.12 bits per heavy atom. The minimum Gasteiger partial charge on any atom is -0.345 e. The second kappa shape index (κ2) is 6.28. The van der Waals surface area contributed by atoms with Crippen molar-refractivity contribution in [3.8, 4) is 0 Å². The third-order valence-corrected chi connectivity index (χ3v) is 6.15. The first-order valence-electron chi connectivity index (χ1n) is 9.32. The van der Waals surface area contributed by atoms with Crippen molar-refractivity contribution in [3.05, 3.63) is 35.9 Å². The predicted octanol–water partition coefficient (Wildman–Crippen LogP) is 2.36. The molecule has 0 aromatic heterocycles. The van der Waals surface area contributed by atoms with Gasteiger partial charge < -0.3 is 5.32 Å². The normalized spacial score (nSPS) is 27.6. The molecule has 132 valence electrons. The van der Waals surface area contributed by atoms with Gasteiger partial charge >= 0.3 is 0 Å². The summed E-state index contributed by atoms with van der Waals surface area (Å²) < 4.78 is 0. The number of carbonyl (C=O) groups is 3. The maximum absolute atomic E-state index is 12.6. The van der Waals surface area contributed by atoms with E-state index in [-0.39, 0.29) is 41.6 Å². The van der Waals surface area contributed by atoms with Gasteiger partial charge in [0.2, 0.25) is 17.7 Å². The number of carbonyl (C=O) groups excluding carboxylic acids is 3. The summed E-state index contributed by atoms with van der Waals surface area (Å²) in [5, 5.41) is 3.11. The third-order valence-electron chi connectivity index (χ3n) is 6.15. The Kier molecular flexibility index (Phi) is 4.10. The molecule has 2 aliphatic carbocycles. The molecule has 0 bridgehead atoms. The van der Waals surface area contributed by atoms with Crippen LogP contribution in [-0.2, 0) is 19.9 Å². The van der Waals surface area contributed by atoms with Crippen molar-refractivity contribution in [2.45, 2.75) is 50.5 Å². The minimum absolute atomic E-state index is 0.140. The van der Waals surface area contributed by atoms with E-state index in [1.807, 2.05) is 30.3 Å². The molecule has 1 aliphatic heterocycles. The summed E-state index contributed by atoms with van der Waals surface area (Å²) in [4.78, 5) is 38.9. The largest absolute Gasteiger partial charge is 0.345 e. The summed E-state index contributed by atoms with van der Waals surface area (Å²) in [6.07, 6.45) is 6.42. The van der Waals surface area contributed by atoms with Gasteiger partial charge in [-0.2, -0.15) is 0 Å². The number of hydrogen-bond acceptors (Lipinski definition) is 3. The van der Waals surface area contributed by atoms with Crippen LogP contribution in [0.1, 0.15) is 50.5 Å². The topological polar surface area (TPSA) is 66.5 Å². The monoisotopic (exact) mass is 340 g/mol. The van der Waals surface area contributed by atoms with Crippen LogP contribution < -0.4 is 5.32 Å². The number of likely N-dealkylation sites (tertiary alicyclic amines) is 1. The number of fused-ring (bicyclic) bond motifs is 1. The lowest BCUT2D eigenvalue weighted by atomic mass is 9.72. The number of amides is 3. The van der Waals surface area contributed by atoms with Crippen molar-refractivity contribution in [1.82, 2.24) is 10.2 Å². The van der Waals surface area contributed by atoms with E-state index >= 15 is 0 Å². The lowest BCUT2D eigenvalue weighted by Gasteiger charge is -2.43. The average Bonchev–Trinajstić information content (AvgIpc) is 2.84. The van der Waals surface area contributed by atoms with Crippen molar-refractivity contribution < 1.29 is 14.4 Å². The molecule has 3 aliphatic rings. The van der Waals surface area contributed by atoms with E-state index in [1.165, 1.54) is 4.90 Å². The summed E-state index contributed by atoms with van der Waals surface area (Å²) >= 11 is 0. The van der Waals surface area contributed by atoms with Crippen LogP contribution in [-0.4, -0.2) is 29.2 Å². The maximum Gasteiger partial charge on any atom is 0.240 e. The SMILES string of the molecule is O=C(CN1C(=O)[C@@H]2CCCC[C@H]2C1=O)NC1(c2ccccc2)CCC1. The highest BCUT2D eigenvalue weighted by Crippen LogP contribution is 2.41. The Labute approximate surface area is 147 Å². The lowest BCUT2D eigenvalue weighted by molar-refractivity contribution is -0.144. The zero-order chi connectivity index (χ0) is 17.4. The number of rotatable bonds is 4. The van der Waals surface area contributed by atoms with Crippen LogP contribution in [0, 0.1) is 11.8 Å². The molecule has 3 fully saturated rings. The van der Waals surface area contributed by atoms with Crippen LogP contribution in [0.25, 0.3) is 0 Å². The molecular weight excluding hydrogens is 316 g/mol. The first-order chi connectivity index (χ1) is 12.1. The first-order valence-corrected chi connectivity index (χ1v) is 9.32. The first kappa shape index (κ1) is 16.3. The molecule has 2 atom stereocenters. The van der Waals surface area contributed by atoms with Gasteiger partial charge in [0.15, 0.2) is 0 Å². The summed E-state index contributed by atoms with van der Waals surface area (Å²) in [6, 6.07) is 9.96. The molecule has 2 saturated carbocycles. The van der Waals surface area contributed by atoms with Crippen molar-refractivity contribution >= 4 is 17.7 Å². The molecular formula is C20H24N2O3. The highest BCUT2D eigenvalue weighted by Gasteiger charge is 2.49. The summed E-state index contributed by atoms with van der Waals surface area (Å²) in [6.45, 7) is -0.140. The Hall–Kier alpha value is -2.17. The molecule has 5 nitrogen and oxygen atoms in total. The molecule has 4 rings (SSSR count). The fraction of sp³-hybridized carbons (Fsp3) is 0.550. The van der Waals surface area contributed by atoms with E-state index in [2.05, 4.69) is 5.32 Å². The highest BCUT2D eigenvalue weighted by molar-refractivity contribution is 6.07. The third kappa shape index (κ3) is 2.75. The number of nitrogens with zero attached hydrogens (tertiary/aromatic N) is 1. The second-order valence-corrected chi connectivity index (χ2v) is 7.61. The van der Waals surface area contributed by atoms with Crippen LogP contribution in [0.3, 0.4) is 0 Å². The fourth-order valence-corrected chi connectivity index (χ4v) is 4.61. The van der Waals surface area contributed by atoms with Gasteiger partial charge in [-0.25, -0.2) is 0 Å². The minimum atomic E-state index is -0.336. The molecule has 0 radical (unpaired) electrons. The lowest BCUT2D eigenvalue weighted by Crippen LogP contribution is -2.53. The van der Waals surface area contributed by atoms with Gasteiger partial charge in [0.1, 0.15) is 6.54 Å². The number of hydrogen-bond donors (Lipinski definition) is 1. The van der Waals surface area contributed by atoms with Gasteiger partial charge in [-0.1, -0.05) is 43.2 Å². The Balaban J connectivity index is 1.45. The average molecular weight is 340 g/mol. The standard InChI is InChI=1S/C20H24N2O3/c23-17(21-20(11-6-12-20)14-7-2-1-3-8-14)13-22-18(24)15-9-4-5-10-16(15)19(22)25/h1-3,7-8,15-16H,4-6,9-13H2,(H,21,23)/t15-,16-/m1/s1. The van der Waals surface area contributed by atoms with Gasteiger partial charge in [0.25, 0.3) is 0 Å². The summed E-state index contributed by atoms with van der Waals surface area (Å²) in [7, 11) is 0. The number of benzene rings is 1. The van der Waals surface area contributed by atoms with E-state index in [0.29, 0.717) is 0 Å². The predicted molar refractivity (Wildman–Crippen MR) is 92.3 cm³/mol. The number of nitrogens with one attached hydrogen (secondary N) is 1. The quantitative estimate of drug-likeness (QED) is 0.856. The molecule has 1 aromatic carbocycles. The van der Waals surface area contributed by atoms with Crippen LogP contribution >= 0.6 is 0 Å². The van der Waals surface area contributed by atoms with Gasteiger partial charge in [-0.05, 0) is 37.7 Å². The Morgan fingerprint density at radius 2 is 1.60 bits per heavy atom. The van der Waals surface area contributed by atoms with Crippen LogP contribution in [0.4, 0.5) is 0 Å². The van der Waals surface area contributed by atoms with Gasteiger partial charge in [-0.15, -0.1) is 0 Å². The van der Waals surface area contributed by atoms with Gasteiger partial charge in [-0.3, -0.25) is 19.3 Å².